The fourth-order valence-electron chi connectivity index (χ4n) is 2.42. The maximum atomic E-state index is 13.0. The van der Waals surface area contributed by atoms with Crippen LogP contribution in [0.4, 0.5) is 5.69 Å². The lowest BCUT2D eigenvalue weighted by molar-refractivity contribution is -0.132. The van der Waals surface area contributed by atoms with Gasteiger partial charge in [0.25, 0.3) is 5.56 Å². The van der Waals surface area contributed by atoms with E-state index in [-0.39, 0.29) is 34.5 Å². The van der Waals surface area contributed by atoms with E-state index in [1.54, 1.807) is 0 Å². The van der Waals surface area contributed by atoms with Crippen molar-refractivity contribution in [3.05, 3.63) is 34.3 Å². The molecule has 1 unspecified atom stereocenters. The molecule has 0 bridgehead atoms. The van der Waals surface area contributed by atoms with Gasteiger partial charge in [0.05, 0.1) is 26.1 Å². The molecule has 1 heterocycles. The second kappa shape index (κ2) is 4.80. The number of hydrogen-bond acceptors (Lipinski definition) is 5. The van der Waals surface area contributed by atoms with Gasteiger partial charge in [-0.25, -0.2) is 4.98 Å². The molecule has 3 rings (SSSR count). The van der Waals surface area contributed by atoms with Gasteiger partial charge in [0.2, 0.25) is 0 Å². The van der Waals surface area contributed by atoms with Crippen LogP contribution in [0.1, 0.15) is 37.9 Å². The first-order valence-electron chi connectivity index (χ1n) is 8.95. The Hall–Kier alpha value is -2.50. The van der Waals surface area contributed by atoms with Crippen molar-refractivity contribution in [2.75, 3.05) is 5.73 Å². The average molecular weight is 290 g/mol. The molecular weight excluding hydrogens is 270 g/mol. The van der Waals surface area contributed by atoms with Crippen molar-refractivity contribution in [3.63, 3.8) is 0 Å². The molecule has 6 heteroatoms. The fraction of sp³-hybridized carbons (Fsp3) is 0.333. The lowest BCUT2D eigenvalue weighted by atomic mass is 9.92. The summed E-state index contributed by atoms with van der Waals surface area (Å²) in [6, 6.07) is -0.685. The summed E-state index contributed by atoms with van der Waals surface area (Å²) in [5.74, 6) is -1.58. The Bertz CT molecular complexity index is 1020. The van der Waals surface area contributed by atoms with Gasteiger partial charge in [-0.05, 0) is 25.4 Å². The van der Waals surface area contributed by atoms with Crippen LogP contribution in [-0.4, -0.2) is 21.1 Å². The summed E-state index contributed by atoms with van der Waals surface area (Å²) in [5.41, 5.74) is 4.78. The first-order chi connectivity index (χ1) is 12.1. The number of benzene rings is 1. The minimum atomic E-state index is -2.27. The number of nitrogens with zero attached hydrogens (tertiary/aromatic N) is 2. The van der Waals surface area contributed by atoms with E-state index in [1.165, 1.54) is 6.07 Å². The third-order valence-corrected chi connectivity index (χ3v) is 3.41. The number of Topliss-reactive ketones (excluding diaryl/α,β-unsaturated/α-hetero) is 2. The summed E-state index contributed by atoms with van der Waals surface area (Å²) in [6.07, 6.45) is -3.46. The topological polar surface area (TPSA) is 95.0 Å². The monoisotopic (exact) mass is 290 g/mol. The molecule has 1 atom stereocenters. The van der Waals surface area contributed by atoms with Crippen LogP contribution in [0, 0.1) is 6.90 Å². The molecule has 1 aromatic heterocycles. The summed E-state index contributed by atoms with van der Waals surface area (Å²) >= 11 is 0. The summed E-state index contributed by atoms with van der Waals surface area (Å²) in [5, 5.41) is -0.159. The predicted molar refractivity (Wildman–Crippen MR) is 78.1 cm³/mol. The maximum absolute atomic E-state index is 13.0. The van der Waals surface area contributed by atoms with E-state index in [2.05, 4.69) is 4.98 Å². The van der Waals surface area contributed by atoms with E-state index in [9.17, 15) is 14.4 Å². The normalized spacial score (nSPS) is 25.0. The molecule has 1 fully saturated rings. The van der Waals surface area contributed by atoms with Crippen LogP contribution in [-0.2, 0) is 9.59 Å². The second-order valence-electron chi connectivity index (χ2n) is 4.75. The molecule has 2 N–H and O–H groups in total. The zero-order chi connectivity index (χ0) is 19.4. The van der Waals surface area contributed by atoms with Crippen LogP contribution in [0.5, 0.6) is 0 Å². The molecule has 0 aliphatic heterocycles. The lowest BCUT2D eigenvalue weighted by Crippen LogP contribution is -2.36. The number of fused-ring (bicyclic) bond motifs is 1. The van der Waals surface area contributed by atoms with Crippen molar-refractivity contribution >= 4 is 28.2 Å². The summed E-state index contributed by atoms with van der Waals surface area (Å²) in [7, 11) is 0. The first kappa shape index (κ1) is 8.71. The Balaban J connectivity index is 2.32. The Morgan fingerprint density at radius 3 is 3.10 bits per heavy atom. The van der Waals surface area contributed by atoms with Gasteiger partial charge >= 0.3 is 0 Å². The van der Waals surface area contributed by atoms with E-state index in [1.807, 2.05) is 0 Å². The summed E-state index contributed by atoms with van der Waals surface area (Å²) in [6.45, 7) is -0.470. The van der Waals surface area contributed by atoms with Crippen LogP contribution < -0.4 is 11.3 Å². The molecule has 0 saturated heterocycles. The molecule has 1 aliphatic carbocycles. The second-order valence-corrected chi connectivity index (χ2v) is 4.75. The number of carbonyl (C=O) groups excluding carboxylic acids is 2. The molecule has 6 nitrogen and oxygen atoms in total. The summed E-state index contributed by atoms with van der Waals surface area (Å²) < 4.78 is 39.5. The highest BCUT2D eigenvalue weighted by molar-refractivity contribution is 6.03. The molecule has 21 heavy (non-hydrogen) atoms. The SMILES string of the molecule is [2H]Cc1nc2cc([2H])c([2H])c(N)c2c(=O)n1C1CC([2H])([2H])C(=O)CC1=O. The highest BCUT2D eigenvalue weighted by Crippen LogP contribution is 2.24. The van der Waals surface area contributed by atoms with Gasteiger partial charge in [-0.15, -0.1) is 0 Å². The van der Waals surface area contributed by atoms with Crippen LogP contribution in [0.15, 0.2) is 22.9 Å². The van der Waals surface area contributed by atoms with Gasteiger partial charge in [-0.3, -0.25) is 19.0 Å². The van der Waals surface area contributed by atoms with Gasteiger partial charge in [-0.2, -0.15) is 0 Å². The highest BCUT2D eigenvalue weighted by atomic mass is 16.2. The number of aryl methyl sites for hydroxylation is 1. The number of ketones is 2. The highest BCUT2D eigenvalue weighted by Gasteiger charge is 2.30. The van der Waals surface area contributed by atoms with Crippen molar-refractivity contribution in [1.82, 2.24) is 9.55 Å². The van der Waals surface area contributed by atoms with Gasteiger partial charge < -0.3 is 5.73 Å². The average Bonchev–Trinajstić information content (AvgIpc) is 2.56. The zero-order valence-corrected chi connectivity index (χ0v) is 11.0. The van der Waals surface area contributed by atoms with Crippen LogP contribution in [0.3, 0.4) is 0 Å². The number of aromatic nitrogens is 2. The van der Waals surface area contributed by atoms with E-state index in [0.717, 1.165) is 4.57 Å². The van der Waals surface area contributed by atoms with Crippen LogP contribution in [0.25, 0.3) is 10.9 Å². The maximum Gasteiger partial charge on any atom is 0.264 e. The molecule has 1 aliphatic rings. The third-order valence-electron chi connectivity index (χ3n) is 3.41. The molecule has 1 aromatic carbocycles. The number of nitrogen functional groups attached to an aromatic ring is 1. The lowest BCUT2D eigenvalue weighted by Gasteiger charge is -2.24. The zero-order valence-electron chi connectivity index (χ0n) is 16.0. The van der Waals surface area contributed by atoms with Crippen molar-refractivity contribution in [2.24, 2.45) is 0 Å². The van der Waals surface area contributed by atoms with E-state index in [0.29, 0.717) is 0 Å². The Labute approximate surface area is 127 Å². The van der Waals surface area contributed by atoms with E-state index in [4.69, 9.17) is 12.6 Å². The molecule has 0 radical (unpaired) electrons. The number of anilines is 1. The van der Waals surface area contributed by atoms with Gasteiger partial charge in [-0.1, -0.05) is 6.04 Å². The predicted octanol–water partition coefficient (Wildman–Crippen LogP) is 1.15. The van der Waals surface area contributed by atoms with Crippen LogP contribution in [0.2, 0.25) is 0 Å². The van der Waals surface area contributed by atoms with Crippen molar-refractivity contribution in [1.29, 1.82) is 0 Å². The van der Waals surface area contributed by atoms with Crippen molar-refractivity contribution in [3.8, 4) is 0 Å². The first-order valence-corrected chi connectivity index (χ1v) is 6.24. The fourth-order valence-corrected chi connectivity index (χ4v) is 2.42. The Morgan fingerprint density at radius 2 is 2.33 bits per heavy atom. The van der Waals surface area contributed by atoms with E-state index < -0.39 is 49.3 Å². The largest absolute Gasteiger partial charge is 0.398 e. The third kappa shape index (κ3) is 2.12. The van der Waals surface area contributed by atoms with Crippen molar-refractivity contribution < 1.29 is 16.4 Å². The number of rotatable bonds is 1. The Kier molecular flexibility index (Phi) is 1.99. The van der Waals surface area contributed by atoms with E-state index >= 15 is 0 Å². The Morgan fingerprint density at radius 1 is 1.52 bits per heavy atom. The van der Waals surface area contributed by atoms with Gasteiger partial charge in [0.1, 0.15) is 11.6 Å². The van der Waals surface area contributed by atoms with Gasteiger partial charge in [0.15, 0.2) is 5.78 Å². The standard InChI is InChI=1S/C15H15N3O3/c1-8-17-11-4-2-3-10(16)14(11)15(21)18(8)12-6-5-9(19)7-13(12)20/h2-4,12H,5-7,16H2,1H3/i1D,2D,3D,5D2. The number of hydrogen-bond donors (Lipinski definition) is 1. The quantitative estimate of drug-likeness (QED) is 0.628. The molecular formula is C15H15N3O3. The van der Waals surface area contributed by atoms with Gasteiger partial charge in [0, 0.05) is 16.2 Å². The smallest absolute Gasteiger partial charge is 0.264 e. The summed E-state index contributed by atoms with van der Waals surface area (Å²) in [4.78, 5) is 41.1. The number of carbonyl (C=O) groups is 2. The minimum Gasteiger partial charge on any atom is -0.398 e. The number of nitrogens with two attached hydrogens (primary N) is 1. The van der Waals surface area contributed by atoms with Crippen LogP contribution >= 0.6 is 0 Å². The molecule has 0 amide bonds. The van der Waals surface area contributed by atoms with Crippen molar-refractivity contribution in [2.45, 2.75) is 32.2 Å². The minimum absolute atomic E-state index is 0.0364. The molecule has 2 aromatic rings. The molecule has 0 spiro atoms. The molecule has 108 valence electrons. The molecule has 1 saturated carbocycles.